The Morgan fingerprint density at radius 1 is 1.12 bits per heavy atom. The molecule has 0 saturated carbocycles. The Bertz CT molecular complexity index is 95.6. The zero-order valence-corrected chi connectivity index (χ0v) is 6.22. The zero-order valence-electron chi connectivity index (χ0n) is 3.50. The van der Waals surface area contributed by atoms with Gasteiger partial charge < -0.3 is 27.0 Å². The summed E-state index contributed by atoms with van der Waals surface area (Å²) < 4.78 is 34.1. The van der Waals surface area contributed by atoms with Gasteiger partial charge in [0.05, 0.1) is 0 Å². The van der Waals surface area contributed by atoms with E-state index in [2.05, 4.69) is 0 Å². The summed E-state index contributed by atoms with van der Waals surface area (Å²) in [6.07, 6.45) is 0. The molecule has 8 heteroatoms. The second-order valence-electron chi connectivity index (χ2n) is 0.408. The van der Waals surface area contributed by atoms with Crippen LogP contribution in [0.3, 0.4) is 0 Å². The zero-order chi connectivity index (χ0) is 4.50. The Morgan fingerprint density at radius 2 is 1.12 bits per heavy atom. The van der Waals surface area contributed by atoms with E-state index in [0.717, 1.165) is 0 Å². The third kappa shape index (κ3) is 499. The van der Waals surface area contributed by atoms with Gasteiger partial charge in [-0.05, 0) is 0 Å². The van der Waals surface area contributed by atoms with Gasteiger partial charge in [0.25, 0.3) is 0 Å². The van der Waals surface area contributed by atoms with Crippen LogP contribution in [0.1, 0.15) is 0 Å². The molecule has 0 aliphatic rings. The molecule has 0 aliphatic carbocycles. The van der Waals surface area contributed by atoms with Gasteiger partial charge in [-0.25, -0.2) is 0 Å². The van der Waals surface area contributed by atoms with Crippen LogP contribution < -0.4 is 12.4 Å². The fourth-order valence-corrected chi connectivity index (χ4v) is 0. The first-order valence-corrected chi connectivity index (χ1v) is 2.00. The number of rotatable bonds is 0. The van der Waals surface area contributed by atoms with Crippen LogP contribution in [-0.2, 0) is 10.4 Å². The molecule has 0 unspecified atom stereocenters. The van der Waals surface area contributed by atoms with Crippen LogP contribution in [0.2, 0.25) is 0 Å². The van der Waals surface area contributed by atoms with Gasteiger partial charge in [0.2, 0.25) is 0 Å². The van der Waals surface area contributed by atoms with Gasteiger partial charge in [-0.1, -0.05) is 0 Å². The van der Waals surface area contributed by atoms with Crippen molar-refractivity contribution in [3.63, 3.8) is 0 Å². The molecular formula is H2AlClO5S. The molecule has 0 radical (unpaired) electrons. The van der Waals surface area contributed by atoms with Crippen molar-refractivity contribution in [2.45, 2.75) is 0 Å². The van der Waals surface area contributed by atoms with Crippen molar-refractivity contribution >= 4 is 27.8 Å². The monoisotopic (exact) mass is 176 g/mol. The Balaban J connectivity index is -0.0000000267. The minimum atomic E-state index is -5.17. The molecule has 48 valence electrons. The van der Waals surface area contributed by atoms with Crippen LogP contribution in [0.25, 0.3) is 0 Å². The maximum absolute atomic E-state index is 8.52. The molecule has 0 aromatic heterocycles. The molecule has 0 heterocycles. The molecular weight excluding hydrogens is 174 g/mol. The van der Waals surface area contributed by atoms with E-state index in [-0.39, 0.29) is 35.2 Å². The number of hydrogen-bond acceptors (Lipinski definition) is 4. The summed E-state index contributed by atoms with van der Waals surface area (Å²) in [5.74, 6) is 0. The largest absolute Gasteiger partial charge is 3.00 e. The topological polar surface area (TPSA) is 112 Å². The fourth-order valence-electron chi connectivity index (χ4n) is 0. The number of halogens is 1. The molecule has 2 N–H and O–H groups in total. The Hall–Kier alpha value is 0.652. The molecule has 0 aliphatic heterocycles. The van der Waals surface area contributed by atoms with E-state index in [1.165, 1.54) is 0 Å². The molecule has 0 fully saturated rings. The van der Waals surface area contributed by atoms with Crippen LogP contribution in [0.15, 0.2) is 0 Å². The second-order valence-corrected chi connectivity index (χ2v) is 1.22. The molecule has 0 spiro atoms. The molecule has 0 atom stereocenters. The summed E-state index contributed by atoms with van der Waals surface area (Å²) in [6, 6.07) is 0. The predicted octanol–water partition coefficient (Wildman–Crippen LogP) is -5.54. The Kier molecular flexibility index (Phi) is 22.4. The Morgan fingerprint density at radius 3 is 1.12 bits per heavy atom. The van der Waals surface area contributed by atoms with Gasteiger partial charge in [0.1, 0.15) is 0 Å². The predicted molar refractivity (Wildman–Crippen MR) is 19.8 cm³/mol. The van der Waals surface area contributed by atoms with Crippen LogP contribution in [0.5, 0.6) is 0 Å². The maximum Gasteiger partial charge on any atom is 3.00 e. The summed E-state index contributed by atoms with van der Waals surface area (Å²) in [6.45, 7) is 0. The molecule has 8 heavy (non-hydrogen) atoms. The van der Waals surface area contributed by atoms with Gasteiger partial charge >= 0.3 is 17.4 Å². The normalized spacial score (nSPS) is 7.25. The van der Waals surface area contributed by atoms with Gasteiger partial charge in [-0.2, -0.15) is 0 Å². The quantitative estimate of drug-likeness (QED) is 0.208. The van der Waals surface area contributed by atoms with E-state index in [0.29, 0.717) is 0 Å². The van der Waals surface area contributed by atoms with Crippen molar-refractivity contribution in [2.75, 3.05) is 0 Å². The van der Waals surface area contributed by atoms with Crippen LogP contribution in [0, 0.1) is 0 Å². The average Bonchev–Trinajstić information content (AvgIpc) is 0.722. The number of hydrogen-bond donors (Lipinski definition) is 0. The van der Waals surface area contributed by atoms with E-state index < -0.39 is 10.4 Å². The van der Waals surface area contributed by atoms with E-state index in [1.807, 2.05) is 0 Å². The van der Waals surface area contributed by atoms with Crippen LogP contribution >= 0.6 is 0 Å². The summed E-state index contributed by atoms with van der Waals surface area (Å²) in [5.41, 5.74) is 0. The minimum absolute atomic E-state index is 0. The van der Waals surface area contributed by atoms with E-state index in [1.54, 1.807) is 0 Å². The summed E-state index contributed by atoms with van der Waals surface area (Å²) in [4.78, 5) is 0. The van der Waals surface area contributed by atoms with E-state index in [4.69, 9.17) is 17.5 Å². The molecule has 0 aromatic rings. The standard InChI is InChI=1S/Al.ClH.H2O4S.H2O/c;;1-5(2,3)4;/h;1H;(H2,1,2,3,4);1H2/q+3;;;/p-3. The van der Waals surface area contributed by atoms with Gasteiger partial charge in [0.15, 0.2) is 0 Å². The van der Waals surface area contributed by atoms with Gasteiger partial charge in [-0.3, -0.25) is 8.42 Å². The SMILES string of the molecule is O.O=S(=O)([O-])[O-].[Al+3].[Cl-]. The van der Waals surface area contributed by atoms with Crippen molar-refractivity contribution in [1.29, 1.82) is 0 Å². The second kappa shape index (κ2) is 7.65. The van der Waals surface area contributed by atoms with Crippen molar-refractivity contribution in [3.05, 3.63) is 0 Å². The van der Waals surface area contributed by atoms with E-state index >= 15 is 0 Å². The van der Waals surface area contributed by atoms with Gasteiger partial charge in [-0.15, -0.1) is 0 Å². The summed E-state index contributed by atoms with van der Waals surface area (Å²) in [5, 5.41) is 0. The molecule has 0 saturated heterocycles. The van der Waals surface area contributed by atoms with Crippen molar-refractivity contribution in [1.82, 2.24) is 0 Å². The van der Waals surface area contributed by atoms with Crippen molar-refractivity contribution in [2.24, 2.45) is 0 Å². The molecule has 0 amide bonds. The molecule has 5 nitrogen and oxygen atoms in total. The Labute approximate surface area is 63.5 Å². The smallest absolute Gasteiger partial charge is 1.00 e. The third-order valence-corrected chi connectivity index (χ3v) is 0. The summed E-state index contributed by atoms with van der Waals surface area (Å²) >= 11 is 0. The molecule has 0 rings (SSSR count). The minimum Gasteiger partial charge on any atom is -1.00 e. The first-order valence-electron chi connectivity index (χ1n) is 0.667. The van der Waals surface area contributed by atoms with Gasteiger partial charge in [0, 0.05) is 10.4 Å². The van der Waals surface area contributed by atoms with Crippen LogP contribution in [-0.4, -0.2) is 40.4 Å². The fraction of sp³-hybridized carbons (Fsp3) is 0. The first kappa shape index (κ1) is 23.4. The van der Waals surface area contributed by atoms with E-state index in [9.17, 15) is 0 Å². The van der Waals surface area contributed by atoms with Crippen molar-refractivity contribution < 1.29 is 35.4 Å². The maximum atomic E-state index is 8.52. The molecule has 0 bridgehead atoms. The summed E-state index contributed by atoms with van der Waals surface area (Å²) in [7, 11) is -5.17. The van der Waals surface area contributed by atoms with Crippen LogP contribution in [0.4, 0.5) is 0 Å². The third-order valence-electron chi connectivity index (χ3n) is 0. The van der Waals surface area contributed by atoms with Crippen molar-refractivity contribution in [3.8, 4) is 0 Å². The average molecular weight is 177 g/mol. The first-order chi connectivity index (χ1) is 2.00. The molecule has 0 aromatic carbocycles.